The van der Waals surface area contributed by atoms with Gasteiger partial charge < -0.3 is 4.74 Å². The third-order valence-electron chi connectivity index (χ3n) is 4.14. The summed E-state index contributed by atoms with van der Waals surface area (Å²) in [4.78, 5) is 0. The molecule has 100 valence electrons. The lowest BCUT2D eigenvalue weighted by atomic mass is 9.76. The molecule has 0 bridgehead atoms. The van der Waals surface area contributed by atoms with Crippen LogP contribution in [-0.4, -0.2) is 12.7 Å². The molecule has 1 nitrogen and oxygen atoms in total. The van der Waals surface area contributed by atoms with Gasteiger partial charge in [-0.05, 0) is 55.4 Å². The van der Waals surface area contributed by atoms with Crippen molar-refractivity contribution in [2.24, 2.45) is 5.92 Å². The van der Waals surface area contributed by atoms with Gasteiger partial charge >= 0.3 is 0 Å². The van der Waals surface area contributed by atoms with E-state index in [0.717, 1.165) is 31.7 Å². The van der Waals surface area contributed by atoms with Gasteiger partial charge in [0.2, 0.25) is 0 Å². The van der Waals surface area contributed by atoms with Crippen LogP contribution in [0.3, 0.4) is 0 Å². The first kappa shape index (κ1) is 13.5. The standard InChI is InChI=1S/C15H20F2O/c1-11-5-7-15(18-2,8-6-11)10-12-9-13(16)3-4-14(12)17/h3-4,9,11H,5-8,10H2,1-2H3. The second kappa shape index (κ2) is 5.35. The molecule has 0 aromatic heterocycles. The number of methoxy groups -OCH3 is 1. The number of halogens is 2. The van der Waals surface area contributed by atoms with Crippen LogP contribution in [0.4, 0.5) is 8.78 Å². The van der Waals surface area contributed by atoms with E-state index >= 15 is 0 Å². The van der Waals surface area contributed by atoms with Crippen molar-refractivity contribution < 1.29 is 13.5 Å². The Bertz CT molecular complexity index is 409. The first-order valence-electron chi connectivity index (χ1n) is 6.54. The lowest BCUT2D eigenvalue weighted by Gasteiger charge is -2.38. The van der Waals surface area contributed by atoms with E-state index in [1.165, 1.54) is 12.1 Å². The Balaban J connectivity index is 2.17. The highest BCUT2D eigenvalue weighted by Crippen LogP contribution is 2.37. The number of hydrogen-bond acceptors (Lipinski definition) is 1. The molecule has 0 atom stereocenters. The van der Waals surface area contributed by atoms with Crippen LogP contribution in [0.25, 0.3) is 0 Å². The molecule has 0 radical (unpaired) electrons. The lowest BCUT2D eigenvalue weighted by molar-refractivity contribution is -0.0475. The van der Waals surface area contributed by atoms with Crippen LogP contribution in [0.2, 0.25) is 0 Å². The van der Waals surface area contributed by atoms with Gasteiger partial charge in [-0.1, -0.05) is 6.92 Å². The Morgan fingerprint density at radius 2 is 1.94 bits per heavy atom. The number of hydrogen-bond donors (Lipinski definition) is 0. The van der Waals surface area contributed by atoms with Crippen LogP contribution < -0.4 is 0 Å². The second-order valence-electron chi connectivity index (χ2n) is 5.48. The molecule has 18 heavy (non-hydrogen) atoms. The zero-order valence-electron chi connectivity index (χ0n) is 11.0. The maximum Gasteiger partial charge on any atom is 0.126 e. The minimum atomic E-state index is -0.387. The third kappa shape index (κ3) is 2.89. The van der Waals surface area contributed by atoms with Gasteiger partial charge in [-0.2, -0.15) is 0 Å². The number of rotatable bonds is 3. The average Bonchev–Trinajstić information content (AvgIpc) is 2.37. The quantitative estimate of drug-likeness (QED) is 0.789. The molecule has 0 N–H and O–H groups in total. The van der Waals surface area contributed by atoms with Crippen LogP contribution in [0, 0.1) is 17.6 Å². The topological polar surface area (TPSA) is 9.23 Å². The molecule has 3 heteroatoms. The molecule has 2 rings (SSSR count). The van der Waals surface area contributed by atoms with Gasteiger partial charge in [0.05, 0.1) is 5.60 Å². The van der Waals surface area contributed by atoms with Crippen molar-refractivity contribution in [2.75, 3.05) is 7.11 Å². The summed E-state index contributed by atoms with van der Waals surface area (Å²) in [6.07, 6.45) is 4.47. The Hall–Kier alpha value is -0.960. The zero-order valence-corrected chi connectivity index (χ0v) is 11.0. The number of ether oxygens (including phenoxy) is 1. The summed E-state index contributed by atoms with van der Waals surface area (Å²) in [7, 11) is 1.67. The van der Waals surface area contributed by atoms with E-state index in [2.05, 4.69) is 6.92 Å². The SMILES string of the molecule is COC1(Cc2cc(F)ccc2F)CCC(C)CC1. The van der Waals surface area contributed by atoms with Gasteiger partial charge in [-0.15, -0.1) is 0 Å². The summed E-state index contributed by atoms with van der Waals surface area (Å²) in [6.45, 7) is 2.22. The molecule has 1 aromatic rings. The van der Waals surface area contributed by atoms with Gasteiger partial charge in [0.25, 0.3) is 0 Å². The zero-order chi connectivity index (χ0) is 13.2. The van der Waals surface area contributed by atoms with Crippen LogP contribution in [-0.2, 0) is 11.2 Å². The monoisotopic (exact) mass is 254 g/mol. The molecule has 0 aliphatic heterocycles. The smallest absolute Gasteiger partial charge is 0.126 e. The van der Waals surface area contributed by atoms with E-state index in [0.29, 0.717) is 17.9 Å². The summed E-state index contributed by atoms with van der Waals surface area (Å²) in [5.41, 5.74) is 0.104. The summed E-state index contributed by atoms with van der Waals surface area (Å²) >= 11 is 0. The van der Waals surface area contributed by atoms with Gasteiger partial charge in [0, 0.05) is 13.5 Å². The third-order valence-corrected chi connectivity index (χ3v) is 4.14. The van der Waals surface area contributed by atoms with Gasteiger partial charge in [0.1, 0.15) is 11.6 Å². The minimum Gasteiger partial charge on any atom is -0.378 e. The molecule has 1 aromatic carbocycles. The van der Waals surface area contributed by atoms with Crippen LogP contribution in [0.1, 0.15) is 38.2 Å². The van der Waals surface area contributed by atoms with Crippen molar-refractivity contribution in [1.82, 2.24) is 0 Å². The van der Waals surface area contributed by atoms with E-state index in [9.17, 15) is 8.78 Å². The van der Waals surface area contributed by atoms with Gasteiger partial charge in [-0.25, -0.2) is 8.78 Å². The second-order valence-corrected chi connectivity index (χ2v) is 5.48. The van der Waals surface area contributed by atoms with Crippen molar-refractivity contribution in [2.45, 2.75) is 44.6 Å². The van der Waals surface area contributed by atoms with E-state index in [1.807, 2.05) is 0 Å². The molecule has 1 fully saturated rings. The first-order chi connectivity index (χ1) is 8.54. The largest absolute Gasteiger partial charge is 0.378 e. The number of benzene rings is 1. The minimum absolute atomic E-state index is 0.318. The molecule has 0 spiro atoms. The fourth-order valence-electron chi connectivity index (χ4n) is 2.77. The molecular weight excluding hydrogens is 234 g/mol. The van der Waals surface area contributed by atoms with Crippen molar-refractivity contribution in [1.29, 1.82) is 0 Å². The van der Waals surface area contributed by atoms with Crippen LogP contribution >= 0.6 is 0 Å². The average molecular weight is 254 g/mol. The van der Waals surface area contributed by atoms with Crippen LogP contribution in [0.15, 0.2) is 18.2 Å². The summed E-state index contributed by atoms with van der Waals surface area (Å²) in [5.74, 6) is -0.0288. The highest BCUT2D eigenvalue weighted by molar-refractivity contribution is 5.21. The molecular formula is C15H20F2O. The molecule has 0 saturated heterocycles. The normalized spacial score (nSPS) is 28.3. The fourth-order valence-corrected chi connectivity index (χ4v) is 2.77. The molecule has 1 aliphatic carbocycles. The van der Waals surface area contributed by atoms with E-state index in [-0.39, 0.29) is 17.2 Å². The molecule has 1 saturated carbocycles. The molecule has 1 aliphatic rings. The summed E-state index contributed by atoms with van der Waals surface area (Å²) < 4.78 is 32.5. The van der Waals surface area contributed by atoms with E-state index < -0.39 is 0 Å². The highest BCUT2D eigenvalue weighted by atomic mass is 19.1. The van der Waals surface area contributed by atoms with Crippen molar-refractivity contribution in [3.05, 3.63) is 35.4 Å². The molecule has 0 unspecified atom stereocenters. The Kier molecular flexibility index (Phi) is 4.00. The Morgan fingerprint density at radius 1 is 1.28 bits per heavy atom. The van der Waals surface area contributed by atoms with Crippen LogP contribution in [0.5, 0.6) is 0 Å². The highest BCUT2D eigenvalue weighted by Gasteiger charge is 2.35. The molecule has 0 amide bonds. The van der Waals surface area contributed by atoms with Crippen molar-refractivity contribution in [3.8, 4) is 0 Å². The van der Waals surface area contributed by atoms with E-state index in [1.54, 1.807) is 7.11 Å². The maximum absolute atomic E-state index is 13.7. The van der Waals surface area contributed by atoms with Crippen molar-refractivity contribution in [3.63, 3.8) is 0 Å². The first-order valence-corrected chi connectivity index (χ1v) is 6.54. The summed E-state index contributed by atoms with van der Waals surface area (Å²) in [5, 5.41) is 0. The lowest BCUT2D eigenvalue weighted by Crippen LogP contribution is -2.38. The fraction of sp³-hybridized carbons (Fsp3) is 0.600. The maximum atomic E-state index is 13.7. The Labute approximate surface area is 107 Å². The summed E-state index contributed by atoms with van der Waals surface area (Å²) in [6, 6.07) is 3.63. The van der Waals surface area contributed by atoms with Crippen molar-refractivity contribution >= 4 is 0 Å². The van der Waals surface area contributed by atoms with E-state index in [4.69, 9.17) is 4.74 Å². The Morgan fingerprint density at radius 3 is 2.56 bits per heavy atom. The van der Waals surface area contributed by atoms with Gasteiger partial charge in [0.15, 0.2) is 0 Å². The predicted octanol–water partition coefficient (Wildman–Crippen LogP) is 4.10. The predicted molar refractivity (Wildman–Crippen MR) is 67.4 cm³/mol. The van der Waals surface area contributed by atoms with Gasteiger partial charge in [-0.3, -0.25) is 0 Å². The molecule has 0 heterocycles.